The number of benzene rings is 2. The molecule has 0 radical (unpaired) electrons. The van der Waals surface area contributed by atoms with E-state index in [1.165, 1.54) is 0 Å². The van der Waals surface area contributed by atoms with Crippen LogP contribution in [-0.2, 0) is 11.3 Å². The van der Waals surface area contributed by atoms with Crippen LogP contribution in [0, 0.1) is 11.3 Å². The number of nitrogens with one attached hydrogen (secondary N) is 1. The summed E-state index contributed by atoms with van der Waals surface area (Å²) in [5.41, 5.74) is 1.90. The molecule has 106 valence electrons. The van der Waals surface area contributed by atoms with Gasteiger partial charge in [0.25, 0.3) is 0 Å². The van der Waals surface area contributed by atoms with Crippen molar-refractivity contribution >= 4 is 17.6 Å². The van der Waals surface area contributed by atoms with E-state index in [0.29, 0.717) is 22.7 Å². The number of carbonyl (C=O) groups is 1. The molecule has 0 amide bonds. The third-order valence-corrected chi connectivity index (χ3v) is 3.41. The van der Waals surface area contributed by atoms with E-state index in [1.807, 2.05) is 12.1 Å². The predicted octanol–water partition coefficient (Wildman–Crippen LogP) is 3.13. The Bertz CT molecular complexity index is 680. The van der Waals surface area contributed by atoms with Crippen molar-refractivity contribution in [3.8, 4) is 6.07 Å². The van der Waals surface area contributed by atoms with Crippen LogP contribution in [0.4, 0.5) is 0 Å². The molecular weight excluding hydrogens is 288 g/mol. The third-order valence-electron chi connectivity index (χ3n) is 3.06. The number of hydrogen-bond donors (Lipinski definition) is 2. The zero-order chi connectivity index (χ0) is 15.2. The van der Waals surface area contributed by atoms with Gasteiger partial charge >= 0.3 is 5.97 Å². The molecule has 1 atom stereocenters. The van der Waals surface area contributed by atoms with Crippen LogP contribution < -0.4 is 5.32 Å². The van der Waals surface area contributed by atoms with Gasteiger partial charge in [0, 0.05) is 11.6 Å². The minimum atomic E-state index is -0.953. The molecule has 4 nitrogen and oxygen atoms in total. The molecule has 5 heteroatoms. The molecule has 0 fully saturated rings. The summed E-state index contributed by atoms with van der Waals surface area (Å²) in [6.07, 6.45) is 0. The normalized spacial score (nSPS) is 11.6. The van der Waals surface area contributed by atoms with Gasteiger partial charge in [-0.3, -0.25) is 10.1 Å². The molecule has 2 aromatic rings. The second-order valence-corrected chi connectivity index (χ2v) is 4.89. The van der Waals surface area contributed by atoms with Gasteiger partial charge in [0.1, 0.15) is 6.04 Å². The maximum absolute atomic E-state index is 11.4. The highest BCUT2D eigenvalue weighted by atomic mass is 35.5. The van der Waals surface area contributed by atoms with Crippen LogP contribution in [0.2, 0.25) is 5.02 Å². The molecule has 0 aliphatic rings. The van der Waals surface area contributed by atoms with Crippen LogP contribution in [0.25, 0.3) is 0 Å². The molecule has 0 aliphatic carbocycles. The minimum Gasteiger partial charge on any atom is -0.480 e. The van der Waals surface area contributed by atoms with E-state index in [2.05, 4.69) is 5.32 Å². The molecule has 0 aromatic heterocycles. The molecule has 0 aliphatic heterocycles. The van der Waals surface area contributed by atoms with E-state index in [1.54, 1.807) is 42.5 Å². The van der Waals surface area contributed by atoms with Gasteiger partial charge in [0.2, 0.25) is 0 Å². The smallest absolute Gasteiger partial charge is 0.325 e. The lowest BCUT2D eigenvalue weighted by Crippen LogP contribution is -2.28. The van der Waals surface area contributed by atoms with Crippen molar-refractivity contribution in [1.29, 1.82) is 5.26 Å². The lowest BCUT2D eigenvalue weighted by atomic mass is 10.1. The fourth-order valence-electron chi connectivity index (χ4n) is 1.97. The molecular formula is C16H13ClN2O2. The van der Waals surface area contributed by atoms with Crippen LogP contribution in [0.15, 0.2) is 48.5 Å². The fourth-order valence-corrected chi connectivity index (χ4v) is 2.21. The van der Waals surface area contributed by atoms with Crippen molar-refractivity contribution in [3.05, 3.63) is 70.2 Å². The average molecular weight is 301 g/mol. The van der Waals surface area contributed by atoms with Crippen LogP contribution in [-0.4, -0.2) is 11.1 Å². The highest BCUT2D eigenvalue weighted by molar-refractivity contribution is 6.31. The van der Waals surface area contributed by atoms with Crippen LogP contribution in [0.3, 0.4) is 0 Å². The maximum Gasteiger partial charge on any atom is 0.325 e. The van der Waals surface area contributed by atoms with Gasteiger partial charge in [0.05, 0.1) is 11.6 Å². The Labute approximate surface area is 127 Å². The third kappa shape index (κ3) is 3.82. The molecule has 0 heterocycles. The lowest BCUT2D eigenvalue weighted by molar-refractivity contribution is -0.139. The first-order chi connectivity index (χ1) is 10.1. The molecule has 2 rings (SSSR count). The summed E-state index contributed by atoms with van der Waals surface area (Å²) >= 11 is 6.08. The molecule has 0 saturated heterocycles. The number of nitriles is 1. The van der Waals surface area contributed by atoms with Crippen molar-refractivity contribution in [3.63, 3.8) is 0 Å². The summed E-state index contributed by atoms with van der Waals surface area (Å²) in [7, 11) is 0. The van der Waals surface area contributed by atoms with Crippen LogP contribution in [0.1, 0.15) is 22.7 Å². The van der Waals surface area contributed by atoms with Gasteiger partial charge in [-0.2, -0.15) is 5.26 Å². The fraction of sp³-hybridized carbons (Fsp3) is 0.125. The first-order valence-corrected chi connectivity index (χ1v) is 6.69. The van der Waals surface area contributed by atoms with Crippen molar-refractivity contribution in [2.75, 3.05) is 0 Å². The van der Waals surface area contributed by atoms with E-state index in [0.717, 1.165) is 5.56 Å². The van der Waals surface area contributed by atoms with Crippen molar-refractivity contribution in [1.82, 2.24) is 5.32 Å². The zero-order valence-electron chi connectivity index (χ0n) is 11.1. The summed E-state index contributed by atoms with van der Waals surface area (Å²) in [6, 6.07) is 15.1. The Balaban J connectivity index is 2.13. The summed E-state index contributed by atoms with van der Waals surface area (Å²) in [5, 5.41) is 21.5. The summed E-state index contributed by atoms with van der Waals surface area (Å²) in [4.78, 5) is 11.4. The summed E-state index contributed by atoms with van der Waals surface area (Å²) < 4.78 is 0. The highest BCUT2D eigenvalue weighted by Crippen LogP contribution is 2.19. The molecule has 2 aromatic carbocycles. The van der Waals surface area contributed by atoms with Gasteiger partial charge in [-0.25, -0.2) is 0 Å². The van der Waals surface area contributed by atoms with Crippen LogP contribution >= 0.6 is 11.6 Å². The Morgan fingerprint density at radius 2 is 2.00 bits per heavy atom. The second kappa shape index (κ2) is 6.89. The highest BCUT2D eigenvalue weighted by Gasteiger charge is 2.19. The topological polar surface area (TPSA) is 73.1 Å². The number of halogens is 1. The van der Waals surface area contributed by atoms with Gasteiger partial charge in [-0.15, -0.1) is 0 Å². The Hall–Kier alpha value is -2.35. The number of rotatable bonds is 5. The SMILES string of the molecule is N#Cc1ccc(CNC(C(=O)O)c2ccccc2)c(Cl)c1. The Morgan fingerprint density at radius 3 is 2.57 bits per heavy atom. The molecule has 21 heavy (non-hydrogen) atoms. The lowest BCUT2D eigenvalue weighted by Gasteiger charge is -2.15. The predicted molar refractivity (Wildman–Crippen MR) is 79.8 cm³/mol. The Morgan fingerprint density at radius 1 is 1.29 bits per heavy atom. The van der Waals surface area contributed by atoms with E-state index in [4.69, 9.17) is 16.9 Å². The van der Waals surface area contributed by atoms with Gasteiger partial charge < -0.3 is 5.11 Å². The van der Waals surface area contributed by atoms with E-state index in [-0.39, 0.29) is 0 Å². The van der Waals surface area contributed by atoms with Crippen molar-refractivity contribution < 1.29 is 9.90 Å². The number of hydrogen-bond acceptors (Lipinski definition) is 3. The van der Waals surface area contributed by atoms with Gasteiger partial charge in [-0.05, 0) is 23.3 Å². The minimum absolute atomic E-state index is 0.302. The van der Waals surface area contributed by atoms with E-state index >= 15 is 0 Å². The summed E-state index contributed by atoms with van der Waals surface area (Å²) in [6.45, 7) is 0.302. The quantitative estimate of drug-likeness (QED) is 0.890. The molecule has 0 bridgehead atoms. The molecule has 2 N–H and O–H groups in total. The second-order valence-electron chi connectivity index (χ2n) is 4.48. The zero-order valence-corrected chi connectivity index (χ0v) is 11.8. The first-order valence-electron chi connectivity index (χ1n) is 6.31. The van der Waals surface area contributed by atoms with Crippen LogP contribution in [0.5, 0.6) is 0 Å². The average Bonchev–Trinajstić information content (AvgIpc) is 2.49. The molecule has 0 saturated carbocycles. The molecule has 0 spiro atoms. The number of aliphatic carboxylic acids is 1. The number of nitrogens with zero attached hydrogens (tertiary/aromatic N) is 1. The summed E-state index contributed by atoms with van der Waals surface area (Å²) in [5.74, 6) is -0.953. The largest absolute Gasteiger partial charge is 0.480 e. The number of carboxylic acid groups (broad SMARTS) is 1. The van der Waals surface area contributed by atoms with Crippen molar-refractivity contribution in [2.45, 2.75) is 12.6 Å². The maximum atomic E-state index is 11.4. The first kappa shape index (κ1) is 15.0. The van der Waals surface area contributed by atoms with Gasteiger partial charge in [-0.1, -0.05) is 48.0 Å². The monoisotopic (exact) mass is 300 g/mol. The van der Waals surface area contributed by atoms with E-state index < -0.39 is 12.0 Å². The van der Waals surface area contributed by atoms with E-state index in [9.17, 15) is 9.90 Å². The molecule has 1 unspecified atom stereocenters. The van der Waals surface area contributed by atoms with Crippen molar-refractivity contribution in [2.24, 2.45) is 0 Å². The Kier molecular flexibility index (Phi) is 4.94. The van der Waals surface area contributed by atoms with Gasteiger partial charge in [0.15, 0.2) is 0 Å². The standard InChI is InChI=1S/C16H13ClN2O2/c17-14-8-11(9-18)6-7-13(14)10-19-15(16(20)21)12-4-2-1-3-5-12/h1-8,15,19H,10H2,(H,20,21). The number of carboxylic acids is 1.